The number of fused-ring (bicyclic) bond motifs is 1. The van der Waals surface area contributed by atoms with Gasteiger partial charge in [0.15, 0.2) is 0 Å². The molecule has 4 heteroatoms. The molecule has 3 unspecified atom stereocenters. The van der Waals surface area contributed by atoms with Crippen LogP contribution in [0.1, 0.15) is 18.4 Å². The molecule has 1 amide bonds. The number of amides is 1. The zero-order chi connectivity index (χ0) is 13.4. The molecule has 2 fully saturated rings. The van der Waals surface area contributed by atoms with Gasteiger partial charge in [0.2, 0.25) is 5.91 Å². The Bertz CT molecular complexity index is 474. The van der Waals surface area contributed by atoms with Gasteiger partial charge in [-0.3, -0.25) is 4.79 Å². The summed E-state index contributed by atoms with van der Waals surface area (Å²) in [5, 5.41) is 0. The average molecular weight is 323 g/mol. The monoisotopic (exact) mass is 322 g/mol. The molecule has 1 heterocycles. The number of nitrogens with two attached hydrogens (primary N) is 1. The van der Waals surface area contributed by atoms with Crippen molar-refractivity contribution < 1.29 is 4.79 Å². The number of halogens is 1. The second-order valence-electron chi connectivity index (χ2n) is 5.77. The maximum atomic E-state index is 12.3. The first kappa shape index (κ1) is 13.1. The molecule has 0 bridgehead atoms. The SMILES string of the molecule is NC1CCC2CN(C(=O)Cc3ccc(Br)cc3)CC12. The first-order valence-electron chi connectivity index (χ1n) is 6.91. The first-order valence-corrected chi connectivity index (χ1v) is 7.70. The molecule has 1 aromatic carbocycles. The predicted molar refractivity (Wildman–Crippen MR) is 78.6 cm³/mol. The first-order chi connectivity index (χ1) is 9.13. The van der Waals surface area contributed by atoms with Crippen LogP contribution in [0, 0.1) is 11.8 Å². The lowest BCUT2D eigenvalue weighted by Crippen LogP contribution is -2.34. The third kappa shape index (κ3) is 2.70. The van der Waals surface area contributed by atoms with Crippen molar-refractivity contribution >= 4 is 21.8 Å². The van der Waals surface area contributed by atoms with E-state index in [0.29, 0.717) is 24.3 Å². The van der Waals surface area contributed by atoms with Gasteiger partial charge in [0.25, 0.3) is 0 Å². The summed E-state index contributed by atoms with van der Waals surface area (Å²) >= 11 is 3.41. The number of hydrogen-bond acceptors (Lipinski definition) is 2. The van der Waals surface area contributed by atoms with Gasteiger partial charge in [-0.05, 0) is 42.4 Å². The van der Waals surface area contributed by atoms with Gasteiger partial charge in [-0.1, -0.05) is 28.1 Å². The van der Waals surface area contributed by atoms with E-state index < -0.39 is 0 Å². The quantitative estimate of drug-likeness (QED) is 0.907. The molecule has 102 valence electrons. The topological polar surface area (TPSA) is 46.3 Å². The standard InChI is InChI=1S/C15H19BrN2O/c16-12-4-1-10(2-5-12)7-15(19)18-8-11-3-6-14(17)13(11)9-18/h1-2,4-5,11,13-14H,3,6-9,17H2. The Kier molecular flexibility index (Phi) is 3.63. The maximum Gasteiger partial charge on any atom is 0.227 e. The highest BCUT2D eigenvalue weighted by Crippen LogP contribution is 2.37. The molecular formula is C15H19BrN2O. The molecule has 1 aromatic rings. The van der Waals surface area contributed by atoms with Crippen LogP contribution in [0.5, 0.6) is 0 Å². The molecular weight excluding hydrogens is 304 g/mol. The maximum absolute atomic E-state index is 12.3. The Labute approximate surface area is 122 Å². The van der Waals surface area contributed by atoms with Gasteiger partial charge in [0.1, 0.15) is 0 Å². The van der Waals surface area contributed by atoms with Crippen LogP contribution < -0.4 is 5.73 Å². The van der Waals surface area contributed by atoms with E-state index >= 15 is 0 Å². The van der Waals surface area contributed by atoms with Gasteiger partial charge in [-0.2, -0.15) is 0 Å². The molecule has 0 aromatic heterocycles. The summed E-state index contributed by atoms with van der Waals surface area (Å²) in [6.45, 7) is 1.77. The zero-order valence-corrected chi connectivity index (χ0v) is 12.5. The second-order valence-corrected chi connectivity index (χ2v) is 6.68. The Morgan fingerprint density at radius 1 is 1.26 bits per heavy atom. The summed E-state index contributed by atoms with van der Waals surface area (Å²) < 4.78 is 1.05. The third-order valence-electron chi connectivity index (χ3n) is 4.53. The zero-order valence-electron chi connectivity index (χ0n) is 10.9. The Balaban J connectivity index is 1.61. The molecule has 0 radical (unpaired) electrons. The molecule has 3 nitrogen and oxygen atoms in total. The molecule has 2 aliphatic rings. The molecule has 2 N–H and O–H groups in total. The van der Waals surface area contributed by atoms with E-state index in [1.165, 1.54) is 6.42 Å². The number of carbonyl (C=O) groups is 1. The van der Waals surface area contributed by atoms with Crippen molar-refractivity contribution in [3.63, 3.8) is 0 Å². The lowest BCUT2D eigenvalue weighted by atomic mass is 9.98. The fourth-order valence-corrected chi connectivity index (χ4v) is 3.66. The van der Waals surface area contributed by atoms with Crippen molar-refractivity contribution in [2.24, 2.45) is 17.6 Å². The summed E-state index contributed by atoms with van der Waals surface area (Å²) in [7, 11) is 0. The van der Waals surface area contributed by atoms with Crippen molar-refractivity contribution in [2.75, 3.05) is 13.1 Å². The lowest BCUT2D eigenvalue weighted by molar-refractivity contribution is -0.129. The van der Waals surface area contributed by atoms with Crippen molar-refractivity contribution in [3.8, 4) is 0 Å². The van der Waals surface area contributed by atoms with E-state index in [0.717, 1.165) is 29.5 Å². The fraction of sp³-hybridized carbons (Fsp3) is 0.533. The second kappa shape index (κ2) is 5.25. The number of nitrogens with zero attached hydrogens (tertiary/aromatic N) is 1. The van der Waals surface area contributed by atoms with Crippen LogP contribution in [0.4, 0.5) is 0 Å². The van der Waals surface area contributed by atoms with Gasteiger partial charge in [-0.25, -0.2) is 0 Å². The Morgan fingerprint density at radius 3 is 2.68 bits per heavy atom. The van der Waals surface area contributed by atoms with Crippen LogP contribution in [0.25, 0.3) is 0 Å². The number of likely N-dealkylation sites (tertiary alicyclic amines) is 1. The fourth-order valence-electron chi connectivity index (χ4n) is 3.40. The van der Waals surface area contributed by atoms with Crippen LogP contribution in [0.15, 0.2) is 28.7 Å². The number of hydrogen-bond donors (Lipinski definition) is 1. The highest BCUT2D eigenvalue weighted by atomic mass is 79.9. The molecule has 1 saturated carbocycles. The van der Waals surface area contributed by atoms with Crippen LogP contribution in [-0.4, -0.2) is 29.9 Å². The minimum atomic E-state index is 0.240. The number of benzene rings is 1. The van der Waals surface area contributed by atoms with Gasteiger partial charge < -0.3 is 10.6 Å². The molecule has 19 heavy (non-hydrogen) atoms. The van der Waals surface area contributed by atoms with Gasteiger partial charge in [0, 0.05) is 23.6 Å². The van der Waals surface area contributed by atoms with Crippen LogP contribution in [0.3, 0.4) is 0 Å². The molecule has 3 rings (SSSR count). The number of rotatable bonds is 2. The summed E-state index contributed by atoms with van der Waals surface area (Å²) in [4.78, 5) is 14.3. The summed E-state index contributed by atoms with van der Waals surface area (Å²) in [5.74, 6) is 1.42. The molecule has 1 aliphatic carbocycles. The average Bonchev–Trinajstić information content (AvgIpc) is 2.95. The number of carbonyl (C=O) groups excluding carboxylic acids is 1. The van der Waals surface area contributed by atoms with E-state index in [4.69, 9.17) is 5.73 Å². The molecule has 1 aliphatic heterocycles. The highest BCUT2D eigenvalue weighted by Gasteiger charge is 2.42. The minimum absolute atomic E-state index is 0.240. The highest BCUT2D eigenvalue weighted by molar-refractivity contribution is 9.10. The summed E-state index contributed by atoms with van der Waals surface area (Å²) in [6.07, 6.45) is 2.82. The Morgan fingerprint density at radius 2 is 2.00 bits per heavy atom. The van der Waals surface area contributed by atoms with Gasteiger partial charge >= 0.3 is 0 Å². The lowest BCUT2D eigenvalue weighted by Gasteiger charge is -2.18. The van der Waals surface area contributed by atoms with Crippen LogP contribution in [-0.2, 0) is 11.2 Å². The predicted octanol–water partition coefficient (Wildman–Crippen LogP) is 2.19. The van der Waals surface area contributed by atoms with Gasteiger partial charge in [-0.15, -0.1) is 0 Å². The molecule has 0 spiro atoms. The van der Waals surface area contributed by atoms with E-state index in [1.807, 2.05) is 29.2 Å². The summed E-state index contributed by atoms with van der Waals surface area (Å²) in [5.41, 5.74) is 7.19. The van der Waals surface area contributed by atoms with Crippen molar-refractivity contribution in [1.29, 1.82) is 0 Å². The van der Waals surface area contributed by atoms with Crippen molar-refractivity contribution in [1.82, 2.24) is 4.90 Å². The van der Waals surface area contributed by atoms with Gasteiger partial charge in [0.05, 0.1) is 6.42 Å². The van der Waals surface area contributed by atoms with E-state index in [-0.39, 0.29) is 5.91 Å². The molecule has 1 saturated heterocycles. The normalized spacial score (nSPS) is 29.6. The van der Waals surface area contributed by atoms with E-state index in [9.17, 15) is 4.79 Å². The van der Waals surface area contributed by atoms with Crippen LogP contribution >= 0.6 is 15.9 Å². The third-order valence-corrected chi connectivity index (χ3v) is 5.06. The van der Waals surface area contributed by atoms with Crippen molar-refractivity contribution in [2.45, 2.75) is 25.3 Å². The minimum Gasteiger partial charge on any atom is -0.342 e. The van der Waals surface area contributed by atoms with Crippen LogP contribution in [0.2, 0.25) is 0 Å². The van der Waals surface area contributed by atoms with E-state index in [1.54, 1.807) is 0 Å². The molecule has 3 atom stereocenters. The smallest absolute Gasteiger partial charge is 0.227 e. The Hall–Kier alpha value is -0.870. The van der Waals surface area contributed by atoms with E-state index in [2.05, 4.69) is 15.9 Å². The summed E-state index contributed by atoms with van der Waals surface area (Å²) in [6, 6.07) is 8.28. The largest absolute Gasteiger partial charge is 0.342 e. The van der Waals surface area contributed by atoms with Crippen molar-refractivity contribution in [3.05, 3.63) is 34.3 Å².